The molecule has 1 aliphatic carbocycles. The smallest absolute Gasteiger partial charge is 0.336 e. The highest BCUT2D eigenvalue weighted by Crippen LogP contribution is 2.48. The predicted octanol–water partition coefficient (Wildman–Crippen LogP) is 4.64. The van der Waals surface area contributed by atoms with E-state index in [0.717, 1.165) is 22.7 Å². The van der Waals surface area contributed by atoms with Gasteiger partial charge in [0.05, 0.1) is 30.4 Å². The molecule has 3 heterocycles. The van der Waals surface area contributed by atoms with Gasteiger partial charge in [-0.05, 0) is 50.3 Å². The molecule has 0 unspecified atom stereocenters. The number of rotatable bonds is 8. The number of ketones is 1. The molecule has 4 rings (SSSR count). The summed E-state index contributed by atoms with van der Waals surface area (Å²) in [6, 6.07) is 9.30. The molecule has 2 aromatic heterocycles. The SMILES string of the molecule is CCCC1=C(C(=O)OCC)[C@H](c2ccccn2)C2=C(C[C@H](c3cccs3)[C@@H](C(=O)OCC)C2=O)N1. The zero-order valence-corrected chi connectivity index (χ0v) is 21.0. The Bertz CT molecular complexity index is 1150. The second-order valence-electron chi connectivity index (χ2n) is 8.49. The topological polar surface area (TPSA) is 94.6 Å². The van der Waals surface area contributed by atoms with Crippen molar-refractivity contribution in [2.45, 2.75) is 51.9 Å². The van der Waals surface area contributed by atoms with Crippen LogP contribution in [0.3, 0.4) is 0 Å². The maximum Gasteiger partial charge on any atom is 0.336 e. The summed E-state index contributed by atoms with van der Waals surface area (Å²) < 4.78 is 10.8. The number of allylic oxidation sites excluding steroid dienone is 3. The quantitative estimate of drug-likeness (QED) is 0.422. The van der Waals surface area contributed by atoms with E-state index in [4.69, 9.17) is 9.47 Å². The molecule has 1 aliphatic heterocycles. The van der Waals surface area contributed by atoms with Gasteiger partial charge in [0.25, 0.3) is 0 Å². The van der Waals surface area contributed by atoms with Gasteiger partial charge < -0.3 is 14.8 Å². The molecule has 0 spiro atoms. The molecule has 0 bridgehead atoms. The molecule has 0 amide bonds. The minimum absolute atomic E-state index is 0.183. The van der Waals surface area contributed by atoms with Crippen molar-refractivity contribution in [2.75, 3.05) is 13.2 Å². The second kappa shape index (κ2) is 11.0. The zero-order valence-electron chi connectivity index (χ0n) is 20.2. The molecule has 0 aromatic carbocycles. The first-order valence-corrected chi connectivity index (χ1v) is 12.9. The van der Waals surface area contributed by atoms with Crippen molar-refractivity contribution in [3.63, 3.8) is 0 Å². The van der Waals surface area contributed by atoms with E-state index in [2.05, 4.69) is 10.3 Å². The minimum Gasteiger partial charge on any atom is -0.465 e. The Labute approximate surface area is 209 Å². The summed E-state index contributed by atoms with van der Waals surface area (Å²) in [7, 11) is 0. The summed E-state index contributed by atoms with van der Waals surface area (Å²) in [6.45, 7) is 5.91. The van der Waals surface area contributed by atoms with Crippen molar-refractivity contribution in [1.82, 2.24) is 10.3 Å². The standard InChI is InChI=1S/C27H30N2O5S/c1-4-10-18-24(27(32)34-6-3)22(17-11-7-8-13-28-17)23-19(29-18)15-16(20-12-9-14-35-20)21(25(23)30)26(31)33-5-2/h7-9,11-14,16,21-22,29H,4-6,10,15H2,1-3H3/t16-,21-,22-/m1/s1. The molecule has 0 saturated carbocycles. The van der Waals surface area contributed by atoms with Crippen molar-refractivity contribution in [3.8, 4) is 0 Å². The zero-order chi connectivity index (χ0) is 24.9. The van der Waals surface area contributed by atoms with Gasteiger partial charge in [-0.3, -0.25) is 14.6 Å². The molecular weight excluding hydrogens is 464 g/mol. The highest BCUT2D eigenvalue weighted by molar-refractivity contribution is 7.10. The molecule has 0 saturated heterocycles. The number of dihydropyridines is 1. The third-order valence-corrected chi connectivity index (χ3v) is 7.34. The van der Waals surface area contributed by atoms with Crippen molar-refractivity contribution in [2.24, 2.45) is 5.92 Å². The Morgan fingerprint density at radius 1 is 1.11 bits per heavy atom. The van der Waals surface area contributed by atoms with E-state index in [1.807, 2.05) is 30.5 Å². The molecule has 35 heavy (non-hydrogen) atoms. The maximum atomic E-state index is 14.2. The fraction of sp³-hybridized carbons (Fsp3) is 0.407. The lowest BCUT2D eigenvalue weighted by atomic mass is 9.68. The Morgan fingerprint density at radius 3 is 2.54 bits per heavy atom. The number of pyridine rings is 1. The number of thiophene rings is 1. The first-order chi connectivity index (χ1) is 17.0. The minimum atomic E-state index is -0.989. The number of carbonyl (C=O) groups is 3. The molecule has 0 radical (unpaired) electrons. The molecule has 0 fully saturated rings. The fourth-order valence-corrected chi connectivity index (χ4v) is 5.83. The van der Waals surface area contributed by atoms with Crippen LogP contribution in [0, 0.1) is 5.92 Å². The van der Waals surface area contributed by atoms with Crippen LogP contribution in [0.2, 0.25) is 0 Å². The van der Waals surface area contributed by atoms with Gasteiger partial charge in [0.2, 0.25) is 0 Å². The maximum absolute atomic E-state index is 14.2. The number of nitrogens with one attached hydrogen (secondary N) is 1. The van der Waals surface area contributed by atoms with Crippen molar-refractivity contribution in [3.05, 3.63) is 75.0 Å². The summed E-state index contributed by atoms with van der Waals surface area (Å²) in [6.07, 6.45) is 3.52. The number of carbonyl (C=O) groups excluding carboxylic acids is 3. The van der Waals surface area contributed by atoms with Crippen LogP contribution in [0.4, 0.5) is 0 Å². The lowest BCUT2D eigenvalue weighted by molar-refractivity contribution is -0.152. The van der Waals surface area contributed by atoms with Crippen LogP contribution in [-0.2, 0) is 23.9 Å². The number of hydrogen-bond acceptors (Lipinski definition) is 8. The summed E-state index contributed by atoms with van der Waals surface area (Å²) in [5.41, 5.74) is 2.84. The van der Waals surface area contributed by atoms with Crippen molar-refractivity contribution < 1.29 is 23.9 Å². The summed E-state index contributed by atoms with van der Waals surface area (Å²) in [5.74, 6) is -3.40. The van der Waals surface area contributed by atoms with Crippen LogP contribution in [0.1, 0.15) is 62.4 Å². The molecule has 1 N–H and O–H groups in total. The van der Waals surface area contributed by atoms with Gasteiger partial charge in [0.15, 0.2) is 5.78 Å². The van der Waals surface area contributed by atoms with Crippen LogP contribution in [0.25, 0.3) is 0 Å². The van der Waals surface area contributed by atoms with Crippen molar-refractivity contribution in [1.29, 1.82) is 0 Å². The summed E-state index contributed by atoms with van der Waals surface area (Å²) in [5, 5.41) is 5.36. The van der Waals surface area contributed by atoms with Crippen LogP contribution in [-0.4, -0.2) is 35.9 Å². The number of Topliss-reactive ketones (excluding diaryl/α,β-unsaturated/α-hetero) is 1. The molecule has 7 nitrogen and oxygen atoms in total. The lowest BCUT2D eigenvalue weighted by Gasteiger charge is -2.39. The Balaban J connectivity index is 1.90. The molecule has 3 atom stereocenters. The fourth-order valence-electron chi connectivity index (χ4n) is 4.96. The molecule has 184 valence electrons. The van der Waals surface area contributed by atoms with Gasteiger partial charge in [-0.25, -0.2) is 4.79 Å². The van der Waals surface area contributed by atoms with Crippen LogP contribution >= 0.6 is 11.3 Å². The first-order valence-electron chi connectivity index (χ1n) is 12.1. The molecule has 8 heteroatoms. The van der Waals surface area contributed by atoms with Gasteiger partial charge in [-0.15, -0.1) is 11.3 Å². The first kappa shape index (κ1) is 24.9. The normalized spacial score (nSPS) is 21.9. The average molecular weight is 495 g/mol. The van der Waals surface area contributed by atoms with E-state index in [1.165, 1.54) is 11.3 Å². The van der Waals surface area contributed by atoms with Gasteiger partial charge in [0, 0.05) is 34.0 Å². The average Bonchev–Trinajstić information content (AvgIpc) is 3.39. The largest absolute Gasteiger partial charge is 0.465 e. The Hall–Kier alpha value is -3.26. The molecular formula is C27H30N2O5S. The third kappa shape index (κ3) is 4.80. The van der Waals surface area contributed by atoms with E-state index in [9.17, 15) is 14.4 Å². The van der Waals surface area contributed by atoms with Crippen LogP contribution < -0.4 is 5.32 Å². The highest BCUT2D eigenvalue weighted by atomic mass is 32.1. The Morgan fingerprint density at radius 2 is 1.91 bits per heavy atom. The van der Waals surface area contributed by atoms with Gasteiger partial charge in [-0.2, -0.15) is 0 Å². The van der Waals surface area contributed by atoms with E-state index in [1.54, 1.807) is 32.2 Å². The second-order valence-corrected chi connectivity index (χ2v) is 9.47. The number of hydrogen-bond donors (Lipinski definition) is 1. The van der Waals surface area contributed by atoms with Gasteiger partial charge in [0.1, 0.15) is 5.92 Å². The number of aromatic nitrogens is 1. The van der Waals surface area contributed by atoms with Gasteiger partial charge >= 0.3 is 11.9 Å². The number of esters is 2. The van der Waals surface area contributed by atoms with E-state index >= 15 is 0 Å². The summed E-state index contributed by atoms with van der Waals surface area (Å²) in [4.78, 5) is 46.0. The predicted molar refractivity (Wildman–Crippen MR) is 133 cm³/mol. The Kier molecular flexibility index (Phi) is 7.80. The molecule has 2 aromatic rings. The number of ether oxygens (including phenoxy) is 2. The van der Waals surface area contributed by atoms with E-state index < -0.39 is 23.8 Å². The van der Waals surface area contributed by atoms with E-state index in [-0.39, 0.29) is 24.9 Å². The van der Waals surface area contributed by atoms with Crippen LogP contribution in [0.15, 0.2) is 64.4 Å². The van der Waals surface area contributed by atoms with E-state index in [0.29, 0.717) is 29.7 Å². The summed E-state index contributed by atoms with van der Waals surface area (Å²) >= 11 is 1.52. The molecule has 2 aliphatic rings. The van der Waals surface area contributed by atoms with Gasteiger partial charge in [-0.1, -0.05) is 25.5 Å². The third-order valence-electron chi connectivity index (χ3n) is 6.33. The number of nitrogens with zero attached hydrogens (tertiary/aromatic N) is 1. The lowest BCUT2D eigenvalue weighted by Crippen LogP contribution is -2.43. The highest BCUT2D eigenvalue weighted by Gasteiger charge is 2.49. The monoisotopic (exact) mass is 494 g/mol. The van der Waals surface area contributed by atoms with Crippen molar-refractivity contribution >= 4 is 29.1 Å². The van der Waals surface area contributed by atoms with Crippen LogP contribution in [0.5, 0.6) is 0 Å².